The minimum Gasteiger partial charge on any atom is -0.392 e. The Kier molecular flexibility index (Phi) is 3.43. The van der Waals surface area contributed by atoms with Gasteiger partial charge in [0, 0.05) is 12.8 Å². The Morgan fingerprint density at radius 2 is 2.29 bits per heavy atom. The summed E-state index contributed by atoms with van der Waals surface area (Å²) in [4.78, 5) is 22.5. The van der Waals surface area contributed by atoms with E-state index in [4.69, 9.17) is 0 Å². The standard InChI is InChI=1S/C11H18O3/c1-8(12)6-7-11(2)9(13)4-3-5-10(11)14/h9,13H,3-7H2,1-2H3/t9-,11+/m0/s1. The molecule has 3 nitrogen and oxygen atoms in total. The molecule has 1 saturated carbocycles. The summed E-state index contributed by atoms with van der Waals surface area (Å²) < 4.78 is 0. The molecule has 0 aromatic rings. The van der Waals surface area contributed by atoms with Gasteiger partial charge in [-0.25, -0.2) is 0 Å². The van der Waals surface area contributed by atoms with Gasteiger partial charge in [0.2, 0.25) is 0 Å². The average molecular weight is 198 g/mol. The molecule has 3 heteroatoms. The first-order valence-corrected chi connectivity index (χ1v) is 5.17. The third-order valence-corrected chi connectivity index (χ3v) is 3.25. The average Bonchev–Trinajstić information content (AvgIpc) is 2.11. The van der Waals surface area contributed by atoms with Crippen LogP contribution in [-0.2, 0) is 9.59 Å². The zero-order chi connectivity index (χ0) is 10.8. The predicted octanol–water partition coefficient (Wildman–Crippen LogP) is 1.48. The lowest BCUT2D eigenvalue weighted by Gasteiger charge is -2.36. The van der Waals surface area contributed by atoms with Crippen molar-refractivity contribution in [2.45, 2.75) is 52.1 Å². The lowest BCUT2D eigenvalue weighted by molar-refractivity contribution is -0.139. The topological polar surface area (TPSA) is 54.4 Å². The minimum atomic E-state index is -0.677. The third kappa shape index (κ3) is 2.21. The molecular formula is C11H18O3. The maximum atomic E-state index is 11.7. The van der Waals surface area contributed by atoms with Crippen molar-refractivity contribution in [3.63, 3.8) is 0 Å². The van der Waals surface area contributed by atoms with Gasteiger partial charge in [0.25, 0.3) is 0 Å². The highest BCUT2D eigenvalue weighted by Crippen LogP contribution is 2.37. The molecule has 2 atom stereocenters. The Bertz CT molecular complexity index is 247. The second-order valence-corrected chi connectivity index (χ2v) is 4.45. The van der Waals surface area contributed by atoms with Gasteiger partial charge in [0.1, 0.15) is 11.6 Å². The summed E-state index contributed by atoms with van der Waals surface area (Å²) in [6.45, 7) is 3.30. The minimum absolute atomic E-state index is 0.0804. The first-order chi connectivity index (χ1) is 6.47. The molecule has 0 aromatic heterocycles. The van der Waals surface area contributed by atoms with Crippen molar-refractivity contribution in [1.29, 1.82) is 0 Å². The van der Waals surface area contributed by atoms with Gasteiger partial charge < -0.3 is 9.90 Å². The van der Waals surface area contributed by atoms with Crippen molar-refractivity contribution < 1.29 is 14.7 Å². The Hall–Kier alpha value is -0.700. The van der Waals surface area contributed by atoms with E-state index in [1.807, 2.05) is 0 Å². The zero-order valence-corrected chi connectivity index (χ0v) is 8.88. The SMILES string of the molecule is CC(=O)CC[C@@]1(C)C(=O)CCC[C@@H]1O. The summed E-state index contributed by atoms with van der Waals surface area (Å²) in [5, 5.41) is 9.78. The van der Waals surface area contributed by atoms with E-state index in [0.29, 0.717) is 25.7 Å². The largest absolute Gasteiger partial charge is 0.392 e. The smallest absolute Gasteiger partial charge is 0.141 e. The van der Waals surface area contributed by atoms with E-state index in [2.05, 4.69) is 0 Å². The third-order valence-electron chi connectivity index (χ3n) is 3.25. The van der Waals surface area contributed by atoms with Crippen LogP contribution in [0.3, 0.4) is 0 Å². The van der Waals surface area contributed by atoms with Gasteiger partial charge in [-0.1, -0.05) is 6.92 Å². The maximum Gasteiger partial charge on any atom is 0.141 e. The van der Waals surface area contributed by atoms with Crippen molar-refractivity contribution >= 4 is 11.6 Å². The lowest BCUT2D eigenvalue weighted by Crippen LogP contribution is -2.43. The maximum absolute atomic E-state index is 11.7. The molecule has 80 valence electrons. The number of hydrogen-bond acceptors (Lipinski definition) is 3. The van der Waals surface area contributed by atoms with E-state index in [1.165, 1.54) is 6.92 Å². The molecule has 1 aliphatic rings. The summed E-state index contributed by atoms with van der Waals surface area (Å²) in [6, 6.07) is 0. The van der Waals surface area contributed by atoms with Crippen LogP contribution in [0.1, 0.15) is 46.0 Å². The van der Waals surface area contributed by atoms with E-state index in [0.717, 1.165) is 6.42 Å². The highest BCUT2D eigenvalue weighted by molar-refractivity contribution is 5.86. The van der Waals surface area contributed by atoms with E-state index < -0.39 is 11.5 Å². The van der Waals surface area contributed by atoms with Gasteiger partial charge in [-0.15, -0.1) is 0 Å². The molecule has 0 radical (unpaired) electrons. The molecule has 0 unspecified atom stereocenters. The molecule has 1 aliphatic carbocycles. The van der Waals surface area contributed by atoms with Crippen LogP contribution in [0, 0.1) is 5.41 Å². The van der Waals surface area contributed by atoms with Gasteiger partial charge in [0.15, 0.2) is 0 Å². The predicted molar refractivity (Wildman–Crippen MR) is 52.9 cm³/mol. The quantitative estimate of drug-likeness (QED) is 0.747. The highest BCUT2D eigenvalue weighted by atomic mass is 16.3. The van der Waals surface area contributed by atoms with Crippen LogP contribution in [0.15, 0.2) is 0 Å². The molecule has 0 spiro atoms. The molecular weight excluding hydrogens is 180 g/mol. The van der Waals surface area contributed by atoms with Gasteiger partial charge in [-0.05, 0) is 26.2 Å². The highest BCUT2D eigenvalue weighted by Gasteiger charge is 2.42. The van der Waals surface area contributed by atoms with Gasteiger partial charge in [-0.3, -0.25) is 4.79 Å². The van der Waals surface area contributed by atoms with Gasteiger partial charge >= 0.3 is 0 Å². The molecule has 0 aliphatic heterocycles. The van der Waals surface area contributed by atoms with Gasteiger partial charge in [0.05, 0.1) is 11.5 Å². The number of rotatable bonds is 3. The number of carbonyl (C=O) groups excluding carboxylic acids is 2. The summed E-state index contributed by atoms with van der Waals surface area (Å²) in [7, 11) is 0. The first kappa shape index (κ1) is 11.4. The second kappa shape index (κ2) is 4.22. The summed E-state index contributed by atoms with van der Waals surface area (Å²) >= 11 is 0. The molecule has 1 fully saturated rings. The van der Waals surface area contributed by atoms with Crippen molar-refractivity contribution in [2.24, 2.45) is 5.41 Å². The summed E-state index contributed by atoms with van der Waals surface area (Å²) in [5.41, 5.74) is -0.677. The Morgan fingerprint density at radius 3 is 2.79 bits per heavy atom. The van der Waals surface area contributed by atoms with Crippen molar-refractivity contribution in [3.05, 3.63) is 0 Å². The van der Waals surface area contributed by atoms with Crippen LogP contribution in [-0.4, -0.2) is 22.8 Å². The van der Waals surface area contributed by atoms with Crippen LogP contribution >= 0.6 is 0 Å². The fraction of sp³-hybridized carbons (Fsp3) is 0.818. The fourth-order valence-corrected chi connectivity index (χ4v) is 1.99. The molecule has 0 bridgehead atoms. The summed E-state index contributed by atoms with van der Waals surface area (Å²) in [6.07, 6.45) is 2.31. The summed E-state index contributed by atoms with van der Waals surface area (Å²) in [5.74, 6) is 0.189. The Morgan fingerprint density at radius 1 is 1.64 bits per heavy atom. The van der Waals surface area contributed by atoms with Crippen LogP contribution in [0.4, 0.5) is 0 Å². The molecule has 0 aromatic carbocycles. The van der Waals surface area contributed by atoms with E-state index in [9.17, 15) is 14.7 Å². The number of Topliss-reactive ketones (excluding diaryl/α,β-unsaturated/α-hetero) is 2. The van der Waals surface area contributed by atoms with Crippen molar-refractivity contribution in [3.8, 4) is 0 Å². The van der Waals surface area contributed by atoms with Crippen molar-refractivity contribution in [2.75, 3.05) is 0 Å². The van der Waals surface area contributed by atoms with Crippen LogP contribution < -0.4 is 0 Å². The number of ketones is 2. The molecule has 0 heterocycles. The number of aliphatic hydroxyl groups is 1. The number of aliphatic hydroxyl groups excluding tert-OH is 1. The van der Waals surface area contributed by atoms with Crippen LogP contribution in [0.25, 0.3) is 0 Å². The van der Waals surface area contributed by atoms with Crippen LogP contribution in [0.2, 0.25) is 0 Å². The van der Waals surface area contributed by atoms with Crippen LogP contribution in [0.5, 0.6) is 0 Å². The molecule has 0 saturated heterocycles. The lowest BCUT2D eigenvalue weighted by atomic mass is 9.69. The monoisotopic (exact) mass is 198 g/mol. The molecule has 14 heavy (non-hydrogen) atoms. The molecule has 1 rings (SSSR count). The van der Waals surface area contributed by atoms with Crippen molar-refractivity contribution in [1.82, 2.24) is 0 Å². The zero-order valence-electron chi connectivity index (χ0n) is 8.88. The normalized spacial score (nSPS) is 33.1. The number of carbonyl (C=O) groups is 2. The first-order valence-electron chi connectivity index (χ1n) is 5.17. The molecule has 1 N–H and O–H groups in total. The van der Waals surface area contributed by atoms with E-state index in [1.54, 1.807) is 6.92 Å². The second-order valence-electron chi connectivity index (χ2n) is 4.45. The molecule has 0 amide bonds. The fourth-order valence-electron chi connectivity index (χ4n) is 1.99. The van der Waals surface area contributed by atoms with E-state index >= 15 is 0 Å². The van der Waals surface area contributed by atoms with E-state index in [-0.39, 0.29) is 11.6 Å². The Balaban J connectivity index is 2.67. The van der Waals surface area contributed by atoms with Gasteiger partial charge in [-0.2, -0.15) is 0 Å². The Labute approximate surface area is 84.5 Å². The number of hydrogen-bond donors (Lipinski definition) is 1.